The predicted molar refractivity (Wildman–Crippen MR) is 107 cm³/mol. The highest BCUT2D eigenvalue weighted by Crippen LogP contribution is 2.35. The molecule has 0 spiro atoms. The molecule has 2 fully saturated rings. The third-order valence-electron chi connectivity index (χ3n) is 5.79. The number of rotatable bonds is 4. The molecule has 0 amide bonds. The molecule has 29 heavy (non-hydrogen) atoms. The van der Waals surface area contributed by atoms with E-state index in [4.69, 9.17) is 14.5 Å². The summed E-state index contributed by atoms with van der Waals surface area (Å²) in [5.41, 5.74) is 0.888. The van der Waals surface area contributed by atoms with E-state index in [-0.39, 0.29) is 12.0 Å². The molecule has 7 nitrogen and oxygen atoms in total. The molecule has 1 saturated heterocycles. The van der Waals surface area contributed by atoms with Crippen molar-refractivity contribution in [2.75, 3.05) is 31.2 Å². The number of hydrogen-bond acceptors (Lipinski definition) is 6. The van der Waals surface area contributed by atoms with Crippen LogP contribution < -0.4 is 9.64 Å². The van der Waals surface area contributed by atoms with Crippen molar-refractivity contribution in [1.82, 2.24) is 19.9 Å². The zero-order valence-electron chi connectivity index (χ0n) is 16.2. The molecule has 2 aliphatic rings. The number of morpholine rings is 1. The van der Waals surface area contributed by atoms with Gasteiger partial charge in [0.1, 0.15) is 17.7 Å². The Kier molecular flexibility index (Phi) is 5.01. The molecule has 1 aliphatic heterocycles. The Morgan fingerprint density at radius 1 is 1.14 bits per heavy atom. The van der Waals surface area contributed by atoms with Crippen LogP contribution in [0.15, 0.2) is 30.6 Å². The molecule has 3 aromatic heterocycles. The maximum Gasteiger partial charge on any atom is 0.230 e. The summed E-state index contributed by atoms with van der Waals surface area (Å²) in [4.78, 5) is 18.5. The van der Waals surface area contributed by atoms with Crippen LogP contribution in [0.25, 0.3) is 10.9 Å². The minimum absolute atomic E-state index is 0.0851. The largest absolute Gasteiger partial charge is 0.474 e. The maximum atomic E-state index is 13.2. The summed E-state index contributed by atoms with van der Waals surface area (Å²) in [6, 6.07) is 5.94. The molecule has 3 aromatic rings. The molecule has 0 bridgehead atoms. The average molecular weight is 397 g/mol. The second-order valence-corrected chi connectivity index (χ2v) is 7.66. The molecule has 1 aliphatic carbocycles. The number of hydrogen-bond donors (Lipinski definition) is 1. The van der Waals surface area contributed by atoms with Crippen LogP contribution in [0.1, 0.15) is 37.4 Å². The number of anilines is 1. The number of nitrogens with one attached hydrogen (secondary N) is 1. The van der Waals surface area contributed by atoms with Crippen molar-refractivity contribution in [3.05, 3.63) is 42.4 Å². The summed E-state index contributed by atoms with van der Waals surface area (Å²) in [6.45, 7) is 3.04. The molecule has 1 saturated carbocycles. The van der Waals surface area contributed by atoms with Gasteiger partial charge in [0.25, 0.3) is 0 Å². The normalized spacial score (nSPS) is 22.7. The monoisotopic (exact) mass is 397 g/mol. The fraction of sp³-hybridized carbons (Fsp3) is 0.476. The number of aromatic amines is 1. The Morgan fingerprint density at radius 2 is 1.97 bits per heavy atom. The number of H-pyrrole nitrogens is 1. The van der Waals surface area contributed by atoms with Gasteiger partial charge in [-0.1, -0.05) is 0 Å². The van der Waals surface area contributed by atoms with Crippen LogP contribution in [0.4, 0.5) is 10.2 Å². The van der Waals surface area contributed by atoms with Gasteiger partial charge in [-0.3, -0.25) is 4.98 Å². The molecule has 152 valence electrons. The minimum Gasteiger partial charge on any atom is -0.474 e. The minimum atomic E-state index is -0.443. The number of ether oxygens (including phenoxy) is 2. The highest BCUT2D eigenvalue weighted by Gasteiger charge is 2.27. The third-order valence-corrected chi connectivity index (χ3v) is 5.79. The van der Waals surface area contributed by atoms with E-state index in [0.29, 0.717) is 19.1 Å². The van der Waals surface area contributed by atoms with Gasteiger partial charge in [0.15, 0.2) is 0 Å². The van der Waals surface area contributed by atoms with Crippen molar-refractivity contribution in [2.45, 2.75) is 37.7 Å². The fourth-order valence-corrected chi connectivity index (χ4v) is 4.21. The van der Waals surface area contributed by atoms with E-state index < -0.39 is 5.95 Å². The highest BCUT2D eigenvalue weighted by molar-refractivity contribution is 5.85. The molecule has 0 unspecified atom stereocenters. The zero-order valence-corrected chi connectivity index (χ0v) is 16.2. The average Bonchev–Trinajstić information content (AvgIpc) is 3.21. The molecule has 1 N–H and O–H groups in total. The lowest BCUT2D eigenvalue weighted by Gasteiger charge is -2.30. The molecule has 0 radical (unpaired) electrons. The maximum absolute atomic E-state index is 13.2. The first-order valence-corrected chi connectivity index (χ1v) is 10.2. The number of pyridine rings is 2. The van der Waals surface area contributed by atoms with Crippen molar-refractivity contribution in [2.24, 2.45) is 0 Å². The second-order valence-electron chi connectivity index (χ2n) is 7.66. The van der Waals surface area contributed by atoms with E-state index >= 15 is 0 Å². The van der Waals surface area contributed by atoms with Crippen LogP contribution >= 0.6 is 0 Å². The van der Waals surface area contributed by atoms with E-state index in [1.807, 2.05) is 18.2 Å². The summed E-state index contributed by atoms with van der Waals surface area (Å²) in [7, 11) is 0. The van der Waals surface area contributed by atoms with Crippen LogP contribution in [0.5, 0.6) is 5.88 Å². The highest BCUT2D eigenvalue weighted by atomic mass is 19.1. The van der Waals surface area contributed by atoms with E-state index in [9.17, 15) is 4.39 Å². The standard InChI is InChI=1S/C21H24FN5O2/c22-18-13-24-20(25-18)14-3-5-15(6-4-14)29-21-16-2-1-7-23-17(16)12-19(26-21)27-8-10-28-11-9-27/h1-2,7,12-15H,3-6,8-11H2,(H,24,25)/t14-,15+. The van der Waals surface area contributed by atoms with Crippen molar-refractivity contribution in [1.29, 1.82) is 0 Å². The Morgan fingerprint density at radius 3 is 2.72 bits per heavy atom. The Balaban J connectivity index is 1.34. The summed E-state index contributed by atoms with van der Waals surface area (Å²) in [5.74, 6) is 2.08. The molecule has 8 heteroatoms. The molecule has 0 atom stereocenters. The van der Waals surface area contributed by atoms with Crippen molar-refractivity contribution >= 4 is 16.7 Å². The lowest BCUT2D eigenvalue weighted by atomic mass is 9.87. The first kappa shape index (κ1) is 18.3. The van der Waals surface area contributed by atoms with E-state index in [1.54, 1.807) is 6.20 Å². The van der Waals surface area contributed by atoms with Gasteiger partial charge in [0.05, 0.1) is 30.3 Å². The summed E-state index contributed by atoms with van der Waals surface area (Å²) in [6.07, 6.45) is 6.80. The van der Waals surface area contributed by atoms with Gasteiger partial charge >= 0.3 is 0 Å². The van der Waals surface area contributed by atoms with Crippen LogP contribution in [-0.4, -0.2) is 52.3 Å². The van der Waals surface area contributed by atoms with E-state index in [2.05, 4.69) is 19.9 Å². The number of aromatic nitrogens is 4. The molecule has 5 rings (SSSR count). The Labute approximate surface area is 168 Å². The third kappa shape index (κ3) is 3.89. The number of imidazole rings is 1. The summed E-state index contributed by atoms with van der Waals surface area (Å²) < 4.78 is 25.0. The fourth-order valence-electron chi connectivity index (χ4n) is 4.21. The van der Waals surface area contributed by atoms with Crippen LogP contribution in [0, 0.1) is 5.95 Å². The smallest absolute Gasteiger partial charge is 0.230 e. The van der Waals surface area contributed by atoms with Gasteiger partial charge in [-0.25, -0.2) is 4.98 Å². The lowest BCUT2D eigenvalue weighted by Crippen LogP contribution is -2.36. The van der Waals surface area contributed by atoms with Gasteiger partial charge in [0, 0.05) is 31.3 Å². The number of nitrogens with zero attached hydrogens (tertiary/aromatic N) is 4. The van der Waals surface area contributed by atoms with E-state index in [1.165, 1.54) is 6.20 Å². The molecular weight excluding hydrogens is 373 g/mol. The lowest BCUT2D eigenvalue weighted by molar-refractivity contribution is 0.121. The molecular formula is C21H24FN5O2. The summed E-state index contributed by atoms with van der Waals surface area (Å²) in [5, 5.41) is 0.930. The van der Waals surface area contributed by atoms with Gasteiger partial charge in [-0.2, -0.15) is 9.37 Å². The SMILES string of the molecule is Fc1c[nH]c([C@H]2CC[C@@H](Oc3nc(N4CCOCC4)cc4ncccc34)CC2)n1. The quantitative estimate of drug-likeness (QED) is 0.727. The van der Waals surface area contributed by atoms with Crippen molar-refractivity contribution in [3.8, 4) is 5.88 Å². The van der Waals surface area contributed by atoms with Gasteiger partial charge in [-0.05, 0) is 37.8 Å². The molecule has 0 aromatic carbocycles. The van der Waals surface area contributed by atoms with Gasteiger partial charge < -0.3 is 19.4 Å². The predicted octanol–water partition coefficient (Wildman–Crippen LogP) is 3.43. The topological polar surface area (TPSA) is 76.2 Å². The Bertz CT molecular complexity index is 980. The Hall–Kier alpha value is -2.74. The summed E-state index contributed by atoms with van der Waals surface area (Å²) >= 11 is 0. The first-order valence-electron chi connectivity index (χ1n) is 10.2. The number of fused-ring (bicyclic) bond motifs is 1. The van der Waals surface area contributed by atoms with Gasteiger partial charge in [0.2, 0.25) is 11.8 Å². The second kappa shape index (κ2) is 7.94. The van der Waals surface area contributed by atoms with Gasteiger partial charge in [-0.15, -0.1) is 0 Å². The van der Waals surface area contributed by atoms with Crippen LogP contribution in [0.2, 0.25) is 0 Å². The van der Waals surface area contributed by atoms with Crippen molar-refractivity contribution < 1.29 is 13.9 Å². The number of halogens is 1. The first-order chi connectivity index (χ1) is 14.3. The van der Waals surface area contributed by atoms with Crippen LogP contribution in [0.3, 0.4) is 0 Å². The van der Waals surface area contributed by atoms with E-state index in [0.717, 1.165) is 61.3 Å². The molecule has 4 heterocycles. The van der Waals surface area contributed by atoms with Crippen molar-refractivity contribution in [3.63, 3.8) is 0 Å². The zero-order chi connectivity index (χ0) is 19.6. The van der Waals surface area contributed by atoms with Crippen LogP contribution in [-0.2, 0) is 4.74 Å².